The summed E-state index contributed by atoms with van der Waals surface area (Å²) in [5.74, 6) is 0.801. The molecule has 2 amide bonds. The highest BCUT2D eigenvalue weighted by Crippen LogP contribution is 2.33. The van der Waals surface area contributed by atoms with E-state index in [1.165, 1.54) is 0 Å². The second-order valence-electron chi connectivity index (χ2n) is 5.80. The van der Waals surface area contributed by atoms with Crippen molar-refractivity contribution in [1.82, 2.24) is 10.2 Å². The molecule has 2 aliphatic rings. The molecule has 0 saturated carbocycles. The van der Waals surface area contributed by atoms with E-state index < -0.39 is 0 Å². The Hall–Kier alpha value is -1.66. The van der Waals surface area contributed by atoms with E-state index in [2.05, 4.69) is 10.2 Å². The van der Waals surface area contributed by atoms with E-state index in [0.717, 1.165) is 30.9 Å². The number of halogens is 1. The van der Waals surface area contributed by atoms with Crippen molar-refractivity contribution in [2.75, 3.05) is 51.4 Å². The fourth-order valence-corrected chi connectivity index (χ4v) is 3.21. The summed E-state index contributed by atoms with van der Waals surface area (Å²) < 4.78 is 10.7. The van der Waals surface area contributed by atoms with Gasteiger partial charge in [0.2, 0.25) is 0 Å². The van der Waals surface area contributed by atoms with Gasteiger partial charge in [-0.3, -0.25) is 0 Å². The van der Waals surface area contributed by atoms with Crippen LogP contribution in [-0.2, 0) is 4.74 Å². The molecule has 0 aromatic heterocycles. The second-order valence-corrected chi connectivity index (χ2v) is 6.23. The average Bonchev–Trinajstić information content (AvgIpc) is 3.04. The minimum atomic E-state index is -0.00166. The molecule has 7 heteroatoms. The van der Waals surface area contributed by atoms with E-state index in [4.69, 9.17) is 21.1 Å². The number of methoxy groups -OCH3 is 1. The average molecular weight is 340 g/mol. The first-order valence-corrected chi connectivity index (χ1v) is 8.27. The maximum atomic E-state index is 12.3. The summed E-state index contributed by atoms with van der Waals surface area (Å²) in [7, 11) is 1.65. The van der Waals surface area contributed by atoms with Crippen LogP contribution in [-0.4, -0.2) is 63.5 Å². The summed E-state index contributed by atoms with van der Waals surface area (Å²) in [4.78, 5) is 16.3. The van der Waals surface area contributed by atoms with Crippen LogP contribution in [0.5, 0.6) is 5.75 Å². The normalized spacial score (nSPS) is 21.4. The van der Waals surface area contributed by atoms with Crippen LogP contribution in [0.2, 0.25) is 5.02 Å². The second kappa shape index (κ2) is 7.27. The maximum Gasteiger partial charge on any atom is 0.317 e. The minimum absolute atomic E-state index is 0.00166. The first-order chi connectivity index (χ1) is 11.2. The number of anilines is 1. The van der Waals surface area contributed by atoms with E-state index in [1.54, 1.807) is 7.11 Å². The molecule has 1 N–H and O–H groups in total. The Bertz CT molecular complexity index is 564. The summed E-state index contributed by atoms with van der Waals surface area (Å²) in [6, 6.07) is 5.73. The third kappa shape index (κ3) is 3.82. The molecular formula is C16H22ClN3O3. The predicted octanol–water partition coefficient (Wildman–Crippen LogP) is 1.97. The molecule has 3 rings (SSSR count). The molecule has 0 bridgehead atoms. The lowest BCUT2D eigenvalue weighted by Gasteiger charge is -2.28. The van der Waals surface area contributed by atoms with Crippen molar-refractivity contribution in [3.8, 4) is 5.75 Å². The SMILES string of the molecule is COc1ccc(Cl)cc1N1CC[C@@H](NC(=O)N2CCOCC2)C1. The fraction of sp³-hybridized carbons (Fsp3) is 0.562. The van der Waals surface area contributed by atoms with Gasteiger partial charge in [-0.25, -0.2) is 4.79 Å². The van der Waals surface area contributed by atoms with Crippen molar-refractivity contribution in [2.45, 2.75) is 12.5 Å². The van der Waals surface area contributed by atoms with Gasteiger partial charge in [-0.15, -0.1) is 0 Å². The summed E-state index contributed by atoms with van der Waals surface area (Å²) in [6.07, 6.45) is 0.908. The highest BCUT2D eigenvalue weighted by atomic mass is 35.5. The molecule has 2 saturated heterocycles. The Labute approximate surface area is 141 Å². The van der Waals surface area contributed by atoms with Crippen LogP contribution in [0.3, 0.4) is 0 Å². The van der Waals surface area contributed by atoms with Gasteiger partial charge in [0.1, 0.15) is 5.75 Å². The number of amides is 2. The zero-order valence-corrected chi connectivity index (χ0v) is 14.0. The molecule has 126 valence electrons. The topological polar surface area (TPSA) is 54.0 Å². The van der Waals surface area contributed by atoms with Crippen molar-refractivity contribution >= 4 is 23.3 Å². The standard InChI is InChI=1S/C16H22ClN3O3/c1-22-15-3-2-12(17)10-14(15)20-5-4-13(11-20)18-16(21)19-6-8-23-9-7-19/h2-3,10,13H,4-9,11H2,1H3,(H,18,21)/t13-/m1/s1. The molecule has 0 unspecified atom stereocenters. The van der Waals surface area contributed by atoms with Gasteiger partial charge in [-0.05, 0) is 24.6 Å². The van der Waals surface area contributed by atoms with Crippen molar-refractivity contribution in [1.29, 1.82) is 0 Å². The number of nitrogens with one attached hydrogen (secondary N) is 1. The van der Waals surface area contributed by atoms with Crippen molar-refractivity contribution in [2.24, 2.45) is 0 Å². The van der Waals surface area contributed by atoms with E-state index in [-0.39, 0.29) is 12.1 Å². The number of benzene rings is 1. The first-order valence-electron chi connectivity index (χ1n) is 7.89. The number of nitrogens with zero attached hydrogens (tertiary/aromatic N) is 2. The monoisotopic (exact) mass is 339 g/mol. The minimum Gasteiger partial charge on any atom is -0.495 e. The predicted molar refractivity (Wildman–Crippen MR) is 89.5 cm³/mol. The van der Waals surface area contributed by atoms with Crippen LogP contribution >= 0.6 is 11.6 Å². The molecular weight excluding hydrogens is 318 g/mol. The quantitative estimate of drug-likeness (QED) is 0.914. The van der Waals surface area contributed by atoms with Gasteiger partial charge in [0, 0.05) is 37.2 Å². The molecule has 2 aliphatic heterocycles. The highest BCUT2D eigenvalue weighted by molar-refractivity contribution is 6.30. The van der Waals surface area contributed by atoms with Crippen LogP contribution in [0.1, 0.15) is 6.42 Å². The van der Waals surface area contributed by atoms with Gasteiger partial charge < -0.3 is 24.6 Å². The number of hydrogen-bond acceptors (Lipinski definition) is 4. The Kier molecular flexibility index (Phi) is 5.13. The van der Waals surface area contributed by atoms with Gasteiger partial charge in [0.25, 0.3) is 0 Å². The zero-order valence-electron chi connectivity index (χ0n) is 13.3. The molecule has 2 fully saturated rings. The maximum absolute atomic E-state index is 12.3. The van der Waals surface area contributed by atoms with Crippen molar-refractivity contribution in [3.05, 3.63) is 23.2 Å². The Morgan fingerprint density at radius 1 is 1.35 bits per heavy atom. The molecule has 2 heterocycles. The number of carbonyl (C=O) groups is 1. The van der Waals surface area contributed by atoms with E-state index in [9.17, 15) is 4.79 Å². The van der Waals surface area contributed by atoms with Crippen LogP contribution in [0.4, 0.5) is 10.5 Å². The molecule has 0 spiro atoms. The first kappa shape index (κ1) is 16.2. The number of carbonyl (C=O) groups excluding carboxylic acids is 1. The van der Waals surface area contributed by atoms with E-state index >= 15 is 0 Å². The molecule has 0 radical (unpaired) electrons. The summed E-state index contributed by atoms with van der Waals surface area (Å²) in [5, 5.41) is 3.80. The van der Waals surface area contributed by atoms with E-state index in [0.29, 0.717) is 31.3 Å². The number of morpholine rings is 1. The number of ether oxygens (including phenoxy) is 2. The lowest BCUT2D eigenvalue weighted by Crippen LogP contribution is -2.49. The summed E-state index contributed by atoms with van der Waals surface area (Å²) in [6.45, 7) is 4.17. The Balaban J connectivity index is 1.60. The number of hydrogen-bond donors (Lipinski definition) is 1. The molecule has 6 nitrogen and oxygen atoms in total. The summed E-state index contributed by atoms with van der Waals surface area (Å²) >= 11 is 6.10. The highest BCUT2D eigenvalue weighted by Gasteiger charge is 2.28. The fourth-order valence-electron chi connectivity index (χ4n) is 3.04. The lowest BCUT2D eigenvalue weighted by molar-refractivity contribution is 0.0526. The number of urea groups is 1. The van der Waals surface area contributed by atoms with Crippen molar-refractivity contribution < 1.29 is 14.3 Å². The van der Waals surface area contributed by atoms with Crippen LogP contribution in [0.15, 0.2) is 18.2 Å². The molecule has 23 heavy (non-hydrogen) atoms. The van der Waals surface area contributed by atoms with Gasteiger partial charge in [-0.1, -0.05) is 11.6 Å². The zero-order chi connectivity index (χ0) is 16.2. The van der Waals surface area contributed by atoms with Crippen LogP contribution < -0.4 is 15.0 Å². The van der Waals surface area contributed by atoms with Crippen molar-refractivity contribution in [3.63, 3.8) is 0 Å². The third-order valence-electron chi connectivity index (χ3n) is 4.30. The number of rotatable bonds is 3. The molecule has 1 aromatic carbocycles. The third-order valence-corrected chi connectivity index (χ3v) is 4.53. The van der Waals surface area contributed by atoms with Crippen LogP contribution in [0.25, 0.3) is 0 Å². The van der Waals surface area contributed by atoms with E-state index in [1.807, 2.05) is 23.1 Å². The Morgan fingerprint density at radius 2 is 2.13 bits per heavy atom. The molecule has 1 aromatic rings. The summed E-state index contributed by atoms with van der Waals surface area (Å²) in [5.41, 5.74) is 0.975. The Morgan fingerprint density at radius 3 is 2.87 bits per heavy atom. The molecule has 1 atom stereocenters. The largest absolute Gasteiger partial charge is 0.495 e. The molecule has 0 aliphatic carbocycles. The van der Waals surface area contributed by atoms with Crippen LogP contribution in [0, 0.1) is 0 Å². The van der Waals surface area contributed by atoms with Gasteiger partial charge in [-0.2, -0.15) is 0 Å². The van der Waals surface area contributed by atoms with Gasteiger partial charge in [0.15, 0.2) is 0 Å². The van der Waals surface area contributed by atoms with Gasteiger partial charge >= 0.3 is 6.03 Å². The lowest BCUT2D eigenvalue weighted by atomic mass is 10.2. The van der Waals surface area contributed by atoms with Gasteiger partial charge in [0.05, 0.1) is 26.0 Å². The smallest absolute Gasteiger partial charge is 0.317 e.